The highest BCUT2D eigenvalue weighted by molar-refractivity contribution is 5.29. The van der Waals surface area contributed by atoms with Crippen molar-refractivity contribution >= 4 is 0 Å². The van der Waals surface area contributed by atoms with Gasteiger partial charge in [-0.1, -0.05) is 6.92 Å². The van der Waals surface area contributed by atoms with Crippen LogP contribution in [0.3, 0.4) is 0 Å². The van der Waals surface area contributed by atoms with Gasteiger partial charge in [0.15, 0.2) is 0 Å². The number of aliphatic hydroxyl groups excluding tert-OH is 1. The molecule has 84 valence electrons. The van der Waals surface area contributed by atoms with Gasteiger partial charge in [-0.05, 0) is 39.3 Å². The molecule has 15 heavy (non-hydrogen) atoms. The molecule has 0 amide bonds. The molecule has 0 bridgehead atoms. The second-order valence-corrected chi connectivity index (χ2v) is 3.81. The summed E-state index contributed by atoms with van der Waals surface area (Å²) in [7, 11) is 0. The first-order valence-electron chi connectivity index (χ1n) is 5.35. The first-order chi connectivity index (χ1) is 7.04. The Labute approximate surface area is 91.1 Å². The van der Waals surface area contributed by atoms with E-state index < -0.39 is 6.10 Å². The average molecular weight is 209 g/mol. The van der Waals surface area contributed by atoms with E-state index in [-0.39, 0.29) is 6.10 Å². The zero-order valence-corrected chi connectivity index (χ0v) is 9.82. The van der Waals surface area contributed by atoms with Crippen molar-refractivity contribution in [3.05, 3.63) is 23.5 Å². The lowest BCUT2D eigenvalue weighted by atomic mass is 10.2. The van der Waals surface area contributed by atoms with Crippen molar-refractivity contribution in [2.45, 2.75) is 46.3 Å². The van der Waals surface area contributed by atoms with Crippen LogP contribution in [0.5, 0.6) is 5.75 Å². The lowest BCUT2D eigenvalue weighted by Gasteiger charge is -2.18. The molecule has 0 radical (unpaired) electrons. The topological polar surface area (TPSA) is 42.4 Å². The summed E-state index contributed by atoms with van der Waals surface area (Å²) in [6.07, 6.45) is 0.152. The summed E-state index contributed by atoms with van der Waals surface area (Å²) in [4.78, 5) is 4.40. The number of rotatable bonds is 4. The van der Waals surface area contributed by atoms with Gasteiger partial charge in [-0.2, -0.15) is 0 Å². The van der Waals surface area contributed by atoms with Crippen LogP contribution in [0.4, 0.5) is 0 Å². The summed E-state index contributed by atoms with van der Waals surface area (Å²) >= 11 is 0. The van der Waals surface area contributed by atoms with Crippen LogP contribution >= 0.6 is 0 Å². The Hall–Kier alpha value is -1.09. The maximum absolute atomic E-state index is 9.35. The van der Waals surface area contributed by atoms with E-state index in [0.29, 0.717) is 0 Å². The summed E-state index contributed by atoms with van der Waals surface area (Å²) in [6, 6.07) is 3.84. The van der Waals surface area contributed by atoms with Crippen molar-refractivity contribution < 1.29 is 9.84 Å². The molecule has 0 saturated heterocycles. The molecular formula is C12H19NO2. The smallest absolute Gasteiger partial charge is 0.141 e. The van der Waals surface area contributed by atoms with Gasteiger partial charge >= 0.3 is 0 Å². The van der Waals surface area contributed by atoms with Crippen LogP contribution < -0.4 is 4.74 Å². The summed E-state index contributed by atoms with van der Waals surface area (Å²) in [6.45, 7) is 7.57. The molecule has 3 nitrogen and oxygen atoms in total. The molecule has 3 heteroatoms. The SMILES string of the molecule is CCc1nc(C)ccc1OC(C)C(C)O. The first-order valence-corrected chi connectivity index (χ1v) is 5.35. The van der Waals surface area contributed by atoms with Crippen molar-refractivity contribution in [3.8, 4) is 5.75 Å². The predicted molar refractivity (Wildman–Crippen MR) is 60.1 cm³/mol. The maximum atomic E-state index is 9.35. The first kappa shape index (κ1) is 12.0. The molecule has 1 heterocycles. The van der Waals surface area contributed by atoms with E-state index in [4.69, 9.17) is 4.74 Å². The average Bonchev–Trinajstić information content (AvgIpc) is 2.20. The van der Waals surface area contributed by atoms with Crippen LogP contribution in [0.15, 0.2) is 12.1 Å². The molecule has 1 N–H and O–H groups in total. The number of aryl methyl sites for hydroxylation is 2. The van der Waals surface area contributed by atoms with E-state index >= 15 is 0 Å². The third-order valence-electron chi connectivity index (χ3n) is 2.40. The van der Waals surface area contributed by atoms with Crippen molar-refractivity contribution in [3.63, 3.8) is 0 Å². The van der Waals surface area contributed by atoms with Crippen molar-refractivity contribution in [2.75, 3.05) is 0 Å². The van der Waals surface area contributed by atoms with Crippen molar-refractivity contribution in [1.29, 1.82) is 0 Å². The van der Waals surface area contributed by atoms with Crippen LogP contribution in [0.2, 0.25) is 0 Å². The molecule has 1 aromatic rings. The lowest BCUT2D eigenvalue weighted by molar-refractivity contribution is 0.0595. The molecule has 0 aliphatic carbocycles. The number of aliphatic hydroxyl groups is 1. The largest absolute Gasteiger partial charge is 0.486 e. The van der Waals surface area contributed by atoms with Gasteiger partial charge in [0.25, 0.3) is 0 Å². The third-order valence-corrected chi connectivity index (χ3v) is 2.40. The highest BCUT2D eigenvalue weighted by atomic mass is 16.5. The Morgan fingerprint density at radius 2 is 2.07 bits per heavy atom. The zero-order valence-electron chi connectivity index (χ0n) is 9.82. The van der Waals surface area contributed by atoms with Crippen LogP contribution in [0, 0.1) is 6.92 Å². The summed E-state index contributed by atoms with van der Waals surface area (Å²) in [5.74, 6) is 0.775. The highest BCUT2D eigenvalue weighted by Crippen LogP contribution is 2.19. The summed E-state index contributed by atoms with van der Waals surface area (Å²) < 4.78 is 5.64. The number of aromatic nitrogens is 1. The van der Waals surface area contributed by atoms with E-state index in [1.165, 1.54) is 0 Å². The third kappa shape index (κ3) is 3.20. The summed E-state index contributed by atoms with van der Waals surface area (Å²) in [5, 5.41) is 9.35. The summed E-state index contributed by atoms with van der Waals surface area (Å²) in [5.41, 5.74) is 1.94. The molecule has 1 rings (SSSR count). The van der Waals surface area contributed by atoms with Gasteiger partial charge in [-0.25, -0.2) is 0 Å². The Balaban J connectivity index is 2.84. The van der Waals surface area contributed by atoms with Crippen LogP contribution in [0.25, 0.3) is 0 Å². The van der Waals surface area contributed by atoms with Crippen LogP contribution in [0.1, 0.15) is 32.2 Å². The van der Waals surface area contributed by atoms with E-state index in [1.54, 1.807) is 6.92 Å². The number of hydrogen-bond acceptors (Lipinski definition) is 3. The molecule has 2 unspecified atom stereocenters. The molecule has 0 aliphatic rings. The Morgan fingerprint density at radius 3 is 2.60 bits per heavy atom. The molecule has 1 aromatic heterocycles. The number of nitrogens with zero attached hydrogens (tertiary/aromatic N) is 1. The van der Waals surface area contributed by atoms with Gasteiger partial charge in [-0.3, -0.25) is 4.98 Å². The monoisotopic (exact) mass is 209 g/mol. The number of hydrogen-bond donors (Lipinski definition) is 1. The van der Waals surface area contributed by atoms with E-state index in [0.717, 1.165) is 23.6 Å². The number of pyridine rings is 1. The number of ether oxygens (including phenoxy) is 1. The van der Waals surface area contributed by atoms with Crippen molar-refractivity contribution in [2.24, 2.45) is 0 Å². The molecular weight excluding hydrogens is 190 g/mol. The molecule has 0 saturated carbocycles. The molecule has 2 atom stereocenters. The van der Waals surface area contributed by atoms with Crippen molar-refractivity contribution in [1.82, 2.24) is 4.98 Å². The van der Waals surface area contributed by atoms with Gasteiger partial charge < -0.3 is 9.84 Å². The highest BCUT2D eigenvalue weighted by Gasteiger charge is 2.12. The normalized spacial score (nSPS) is 14.7. The molecule has 0 spiro atoms. The predicted octanol–water partition coefficient (Wildman–Crippen LogP) is 2.10. The van der Waals surface area contributed by atoms with Gasteiger partial charge in [0, 0.05) is 5.69 Å². The standard InChI is InChI=1S/C12H19NO2/c1-5-11-12(7-6-8(2)13-11)15-10(4)9(3)14/h6-7,9-10,14H,5H2,1-4H3. The Bertz CT molecular complexity index is 323. The second-order valence-electron chi connectivity index (χ2n) is 3.81. The fourth-order valence-electron chi connectivity index (χ4n) is 1.26. The fraction of sp³-hybridized carbons (Fsp3) is 0.583. The van der Waals surface area contributed by atoms with Gasteiger partial charge in [0.2, 0.25) is 0 Å². The van der Waals surface area contributed by atoms with Gasteiger partial charge in [-0.15, -0.1) is 0 Å². The molecule has 0 aromatic carbocycles. The Kier molecular flexibility index (Phi) is 4.09. The quantitative estimate of drug-likeness (QED) is 0.825. The van der Waals surface area contributed by atoms with E-state index in [9.17, 15) is 5.11 Å². The van der Waals surface area contributed by atoms with Gasteiger partial charge in [0.1, 0.15) is 11.9 Å². The minimum Gasteiger partial charge on any atom is -0.486 e. The van der Waals surface area contributed by atoms with E-state index in [2.05, 4.69) is 4.98 Å². The minimum absolute atomic E-state index is 0.209. The molecule has 0 fully saturated rings. The van der Waals surface area contributed by atoms with Crippen LogP contribution in [-0.4, -0.2) is 22.3 Å². The zero-order chi connectivity index (χ0) is 11.4. The minimum atomic E-state index is -0.476. The molecule has 0 aliphatic heterocycles. The second kappa shape index (κ2) is 5.12. The van der Waals surface area contributed by atoms with Crippen LogP contribution in [-0.2, 0) is 6.42 Å². The maximum Gasteiger partial charge on any atom is 0.141 e. The van der Waals surface area contributed by atoms with E-state index in [1.807, 2.05) is 32.9 Å². The Morgan fingerprint density at radius 1 is 1.40 bits per heavy atom. The fourth-order valence-corrected chi connectivity index (χ4v) is 1.26. The van der Waals surface area contributed by atoms with Gasteiger partial charge in [0.05, 0.1) is 11.8 Å². The lowest BCUT2D eigenvalue weighted by Crippen LogP contribution is -2.26.